The van der Waals surface area contributed by atoms with E-state index < -0.39 is 0 Å². The van der Waals surface area contributed by atoms with Crippen LogP contribution in [0, 0.1) is 11.8 Å². The van der Waals surface area contributed by atoms with Gasteiger partial charge in [-0.15, -0.1) is 0 Å². The van der Waals surface area contributed by atoms with Gasteiger partial charge in [0.2, 0.25) is 0 Å². The molecule has 2 aliphatic carbocycles. The maximum absolute atomic E-state index is 3.45. The minimum Gasteiger partial charge on any atom is -0.362 e. The Bertz CT molecular complexity index is 2200. The Morgan fingerprint density at radius 1 is 0.540 bits per heavy atom. The molecule has 0 saturated carbocycles. The third kappa shape index (κ3) is 5.99. The standard InChI is InChI=1S/C48H42N2/c1-34-11-7-8-12-35(34)31-32-49-40-23-17-37(18-24-40)39-21-27-42(28-22-39)50(41-25-19-38(20-26-41)36-13-5-4-6-14-36)43-29-30-45-44-15-9-10-16-46(44)48(2,3)47(45)33-43/h4-35,49H,1-3H3/b32-31-. The minimum atomic E-state index is -0.0753. The molecular formula is C48H42N2. The molecule has 2 unspecified atom stereocenters. The van der Waals surface area contributed by atoms with Crippen molar-refractivity contribution in [1.82, 2.24) is 0 Å². The van der Waals surface area contributed by atoms with Crippen molar-refractivity contribution in [2.24, 2.45) is 11.8 Å². The lowest BCUT2D eigenvalue weighted by Crippen LogP contribution is -2.16. The second-order valence-corrected chi connectivity index (χ2v) is 14.0. The van der Waals surface area contributed by atoms with Crippen molar-refractivity contribution < 1.29 is 0 Å². The van der Waals surface area contributed by atoms with E-state index in [1.54, 1.807) is 0 Å². The van der Waals surface area contributed by atoms with Crippen LogP contribution < -0.4 is 10.2 Å². The molecule has 6 aromatic carbocycles. The molecule has 1 N–H and O–H groups in total. The van der Waals surface area contributed by atoms with Crippen molar-refractivity contribution in [3.05, 3.63) is 193 Å². The fourth-order valence-corrected chi connectivity index (χ4v) is 7.50. The number of nitrogens with zero attached hydrogens (tertiary/aromatic N) is 1. The van der Waals surface area contributed by atoms with Crippen LogP contribution in [0.1, 0.15) is 31.9 Å². The number of rotatable bonds is 8. The largest absolute Gasteiger partial charge is 0.362 e. The molecule has 0 amide bonds. The van der Waals surface area contributed by atoms with Crippen LogP contribution in [0.15, 0.2) is 182 Å². The van der Waals surface area contributed by atoms with Crippen LogP contribution in [0.3, 0.4) is 0 Å². The van der Waals surface area contributed by atoms with Crippen molar-refractivity contribution in [3.63, 3.8) is 0 Å². The highest BCUT2D eigenvalue weighted by Crippen LogP contribution is 2.50. The highest BCUT2D eigenvalue weighted by atomic mass is 15.1. The molecule has 2 heteroatoms. The van der Waals surface area contributed by atoms with Gasteiger partial charge in [0.25, 0.3) is 0 Å². The fraction of sp³-hybridized carbons (Fsp3) is 0.125. The van der Waals surface area contributed by atoms with Crippen LogP contribution in [-0.4, -0.2) is 0 Å². The summed E-state index contributed by atoms with van der Waals surface area (Å²) in [6.07, 6.45) is 13.1. The van der Waals surface area contributed by atoms with E-state index in [2.05, 4.69) is 213 Å². The van der Waals surface area contributed by atoms with Gasteiger partial charge in [-0.25, -0.2) is 0 Å². The first-order valence-electron chi connectivity index (χ1n) is 17.6. The summed E-state index contributed by atoms with van der Waals surface area (Å²) in [6, 6.07) is 53.0. The molecule has 0 heterocycles. The highest BCUT2D eigenvalue weighted by molar-refractivity contribution is 5.86. The van der Waals surface area contributed by atoms with Crippen molar-refractivity contribution in [2.75, 3.05) is 10.2 Å². The number of nitrogens with one attached hydrogen (secondary N) is 1. The SMILES string of the molecule is CC1C=CC=CC1/C=C\Nc1ccc(-c2ccc(N(c3ccc(-c4ccccc4)cc3)c3ccc4c(c3)C(C)(C)c3ccccc3-4)cc2)cc1. The van der Waals surface area contributed by atoms with Crippen LogP contribution in [-0.2, 0) is 5.41 Å². The summed E-state index contributed by atoms with van der Waals surface area (Å²) >= 11 is 0. The van der Waals surface area contributed by atoms with E-state index in [0.717, 1.165) is 22.7 Å². The Labute approximate surface area is 296 Å². The van der Waals surface area contributed by atoms with Gasteiger partial charge in [-0.1, -0.05) is 148 Å². The second kappa shape index (κ2) is 13.2. The number of fused-ring (bicyclic) bond motifs is 3. The lowest BCUT2D eigenvalue weighted by Gasteiger charge is -2.28. The predicted molar refractivity (Wildman–Crippen MR) is 213 cm³/mol. The van der Waals surface area contributed by atoms with E-state index in [1.807, 2.05) is 0 Å². The summed E-state index contributed by atoms with van der Waals surface area (Å²) in [5, 5.41) is 3.45. The first-order valence-corrected chi connectivity index (χ1v) is 17.6. The monoisotopic (exact) mass is 646 g/mol. The van der Waals surface area contributed by atoms with E-state index in [0.29, 0.717) is 11.8 Å². The van der Waals surface area contributed by atoms with Crippen LogP contribution in [0.5, 0.6) is 0 Å². The zero-order chi connectivity index (χ0) is 34.1. The Morgan fingerprint density at radius 3 is 1.74 bits per heavy atom. The molecule has 0 radical (unpaired) electrons. The Kier molecular flexibility index (Phi) is 8.30. The second-order valence-electron chi connectivity index (χ2n) is 14.0. The zero-order valence-corrected chi connectivity index (χ0v) is 28.9. The van der Waals surface area contributed by atoms with Gasteiger partial charge in [0.05, 0.1) is 0 Å². The summed E-state index contributed by atoms with van der Waals surface area (Å²) in [5.41, 5.74) is 14.6. The van der Waals surface area contributed by atoms with Gasteiger partial charge in [-0.05, 0) is 105 Å². The molecule has 50 heavy (non-hydrogen) atoms. The first kappa shape index (κ1) is 31.4. The van der Waals surface area contributed by atoms with Crippen LogP contribution in [0.25, 0.3) is 33.4 Å². The molecule has 244 valence electrons. The number of allylic oxidation sites excluding steroid dienone is 5. The van der Waals surface area contributed by atoms with E-state index in [1.165, 1.54) is 44.5 Å². The molecule has 2 aliphatic rings. The van der Waals surface area contributed by atoms with E-state index >= 15 is 0 Å². The Hall–Kier alpha value is -5.86. The molecule has 0 saturated heterocycles. The zero-order valence-electron chi connectivity index (χ0n) is 28.9. The van der Waals surface area contributed by atoms with Gasteiger partial charge in [0.15, 0.2) is 0 Å². The molecule has 0 fully saturated rings. The maximum Gasteiger partial charge on any atom is 0.0465 e. The average Bonchev–Trinajstić information content (AvgIpc) is 3.39. The van der Waals surface area contributed by atoms with Crippen LogP contribution in [0.2, 0.25) is 0 Å². The van der Waals surface area contributed by atoms with E-state index in [9.17, 15) is 0 Å². The molecular weight excluding hydrogens is 605 g/mol. The lowest BCUT2D eigenvalue weighted by atomic mass is 9.82. The van der Waals surface area contributed by atoms with Crippen molar-refractivity contribution in [2.45, 2.75) is 26.2 Å². The number of hydrogen-bond donors (Lipinski definition) is 1. The van der Waals surface area contributed by atoms with Gasteiger partial charge in [0.1, 0.15) is 0 Å². The molecule has 2 atom stereocenters. The summed E-state index contributed by atoms with van der Waals surface area (Å²) < 4.78 is 0. The third-order valence-electron chi connectivity index (χ3n) is 10.4. The average molecular weight is 647 g/mol. The lowest BCUT2D eigenvalue weighted by molar-refractivity contribution is 0.605. The smallest absolute Gasteiger partial charge is 0.0465 e. The topological polar surface area (TPSA) is 15.3 Å². The van der Waals surface area contributed by atoms with Gasteiger partial charge in [-0.3, -0.25) is 0 Å². The first-order chi connectivity index (χ1) is 24.5. The van der Waals surface area contributed by atoms with Gasteiger partial charge in [-0.2, -0.15) is 0 Å². The minimum absolute atomic E-state index is 0.0753. The molecule has 8 rings (SSSR count). The van der Waals surface area contributed by atoms with E-state index in [4.69, 9.17) is 0 Å². The number of hydrogen-bond acceptors (Lipinski definition) is 2. The van der Waals surface area contributed by atoms with Crippen LogP contribution in [0.4, 0.5) is 22.7 Å². The normalized spacial score (nSPS) is 17.0. The number of benzene rings is 6. The summed E-state index contributed by atoms with van der Waals surface area (Å²) in [7, 11) is 0. The summed E-state index contributed by atoms with van der Waals surface area (Å²) in [4.78, 5) is 2.38. The third-order valence-corrected chi connectivity index (χ3v) is 10.4. The van der Waals surface area contributed by atoms with Crippen molar-refractivity contribution >= 4 is 22.7 Å². The summed E-state index contributed by atoms with van der Waals surface area (Å²) in [6.45, 7) is 6.94. The Morgan fingerprint density at radius 2 is 1.08 bits per heavy atom. The van der Waals surface area contributed by atoms with Crippen LogP contribution >= 0.6 is 0 Å². The van der Waals surface area contributed by atoms with Gasteiger partial charge < -0.3 is 10.2 Å². The molecule has 0 spiro atoms. The molecule has 2 nitrogen and oxygen atoms in total. The number of anilines is 4. The Balaban J connectivity index is 1.09. The fourth-order valence-electron chi connectivity index (χ4n) is 7.50. The predicted octanol–water partition coefficient (Wildman–Crippen LogP) is 13.1. The van der Waals surface area contributed by atoms with E-state index in [-0.39, 0.29) is 5.41 Å². The molecule has 0 aliphatic heterocycles. The maximum atomic E-state index is 3.45. The molecule has 0 aromatic heterocycles. The van der Waals surface area contributed by atoms with Crippen molar-refractivity contribution in [1.29, 1.82) is 0 Å². The van der Waals surface area contributed by atoms with Gasteiger partial charge >= 0.3 is 0 Å². The molecule has 6 aromatic rings. The van der Waals surface area contributed by atoms with Crippen molar-refractivity contribution in [3.8, 4) is 33.4 Å². The molecule has 0 bridgehead atoms. The summed E-state index contributed by atoms with van der Waals surface area (Å²) in [5.74, 6) is 0.936. The highest BCUT2D eigenvalue weighted by Gasteiger charge is 2.35. The quantitative estimate of drug-likeness (QED) is 0.177. The van der Waals surface area contributed by atoms with Gasteiger partial charge in [0, 0.05) is 34.1 Å².